The van der Waals surface area contributed by atoms with Crippen molar-refractivity contribution < 1.29 is 19.7 Å². The highest BCUT2D eigenvalue weighted by molar-refractivity contribution is 5.91. The fraction of sp³-hybridized carbons (Fsp3) is 0. The second-order valence-corrected chi connectivity index (χ2v) is 5.22. The summed E-state index contributed by atoms with van der Waals surface area (Å²) in [4.78, 5) is 16.2. The largest absolute Gasteiger partial charge is 0.423 e. The first-order valence-electron chi connectivity index (χ1n) is 7.44. The van der Waals surface area contributed by atoms with Crippen LogP contribution in [0.25, 0.3) is 11.1 Å². The van der Waals surface area contributed by atoms with Crippen molar-refractivity contribution in [3.05, 3.63) is 83.9 Å². The number of nitriles is 1. The summed E-state index contributed by atoms with van der Waals surface area (Å²) in [6, 6.07) is 22.3. The molecule has 0 saturated carbocycles. The van der Waals surface area contributed by atoms with Crippen LogP contribution in [0.5, 0.6) is 11.5 Å². The van der Waals surface area contributed by atoms with E-state index in [1.54, 1.807) is 24.3 Å². The van der Waals surface area contributed by atoms with Gasteiger partial charge in [0.25, 0.3) is 0 Å². The second-order valence-electron chi connectivity index (χ2n) is 5.22. The normalized spacial score (nSPS) is 9.92. The Morgan fingerprint density at radius 3 is 1.84 bits per heavy atom. The van der Waals surface area contributed by atoms with E-state index in [-0.39, 0.29) is 5.75 Å². The average Bonchev–Trinajstić information content (AvgIpc) is 2.68. The summed E-state index contributed by atoms with van der Waals surface area (Å²) in [5.74, 6) is 0.156. The lowest BCUT2D eigenvalue weighted by atomic mass is 10.0. The SMILES string of the molecule is N#Cc1ccc(-c2ccc(OC(=O)c3ccc(OO)cc3)cc2)cc1. The van der Waals surface area contributed by atoms with Gasteiger partial charge in [-0.15, -0.1) is 0 Å². The number of esters is 1. The van der Waals surface area contributed by atoms with Crippen LogP contribution in [-0.4, -0.2) is 11.2 Å². The van der Waals surface area contributed by atoms with E-state index in [2.05, 4.69) is 11.0 Å². The maximum atomic E-state index is 12.1. The van der Waals surface area contributed by atoms with Gasteiger partial charge in [-0.1, -0.05) is 24.3 Å². The molecule has 0 radical (unpaired) electrons. The molecule has 5 heteroatoms. The van der Waals surface area contributed by atoms with Crippen LogP contribution in [-0.2, 0) is 0 Å². The maximum Gasteiger partial charge on any atom is 0.343 e. The van der Waals surface area contributed by atoms with Crippen LogP contribution in [0.3, 0.4) is 0 Å². The van der Waals surface area contributed by atoms with Crippen molar-refractivity contribution in [2.45, 2.75) is 0 Å². The Labute approximate surface area is 144 Å². The predicted molar refractivity (Wildman–Crippen MR) is 91.3 cm³/mol. The van der Waals surface area contributed by atoms with Crippen LogP contribution in [0.4, 0.5) is 0 Å². The van der Waals surface area contributed by atoms with Gasteiger partial charge in [-0.2, -0.15) is 5.26 Å². The number of hydrogen-bond acceptors (Lipinski definition) is 5. The highest BCUT2D eigenvalue weighted by Crippen LogP contribution is 2.23. The van der Waals surface area contributed by atoms with Gasteiger partial charge in [0.05, 0.1) is 17.2 Å². The summed E-state index contributed by atoms with van der Waals surface area (Å²) in [7, 11) is 0. The highest BCUT2D eigenvalue weighted by atomic mass is 17.1. The molecular formula is C20H13NO4. The Bertz CT molecular complexity index is 908. The fourth-order valence-corrected chi connectivity index (χ4v) is 2.27. The fourth-order valence-electron chi connectivity index (χ4n) is 2.27. The van der Waals surface area contributed by atoms with Crippen LogP contribution in [0, 0.1) is 11.3 Å². The molecule has 3 aromatic rings. The standard InChI is InChI=1S/C20H13NO4/c21-13-14-1-3-15(4-2-14)16-5-9-18(10-6-16)24-20(22)17-7-11-19(25-23)12-8-17/h1-12,23H. The number of benzene rings is 3. The van der Waals surface area contributed by atoms with Gasteiger partial charge in [-0.25, -0.2) is 10.1 Å². The quantitative estimate of drug-likeness (QED) is 0.334. The monoisotopic (exact) mass is 331 g/mol. The van der Waals surface area contributed by atoms with Crippen LogP contribution >= 0.6 is 0 Å². The summed E-state index contributed by atoms with van der Waals surface area (Å²) in [5.41, 5.74) is 2.87. The lowest BCUT2D eigenvalue weighted by molar-refractivity contribution is -0.137. The second kappa shape index (κ2) is 7.30. The first kappa shape index (κ1) is 16.2. The van der Waals surface area contributed by atoms with Gasteiger partial charge >= 0.3 is 5.97 Å². The van der Waals surface area contributed by atoms with E-state index in [1.165, 1.54) is 24.3 Å². The summed E-state index contributed by atoms with van der Waals surface area (Å²) < 4.78 is 5.32. The molecule has 5 nitrogen and oxygen atoms in total. The first-order valence-corrected chi connectivity index (χ1v) is 7.44. The Morgan fingerprint density at radius 2 is 1.32 bits per heavy atom. The zero-order chi connectivity index (χ0) is 17.6. The van der Waals surface area contributed by atoms with Gasteiger partial charge in [-0.3, -0.25) is 0 Å². The molecule has 3 aromatic carbocycles. The molecule has 0 unspecified atom stereocenters. The van der Waals surface area contributed by atoms with E-state index >= 15 is 0 Å². The number of carbonyl (C=O) groups is 1. The molecule has 122 valence electrons. The third kappa shape index (κ3) is 3.83. The van der Waals surface area contributed by atoms with Crippen molar-refractivity contribution in [3.63, 3.8) is 0 Å². The Hall–Kier alpha value is -3.62. The van der Waals surface area contributed by atoms with Crippen molar-refractivity contribution in [3.8, 4) is 28.7 Å². The molecule has 0 amide bonds. The number of hydrogen-bond donors (Lipinski definition) is 1. The van der Waals surface area contributed by atoms with Crippen molar-refractivity contribution in [1.29, 1.82) is 5.26 Å². The topological polar surface area (TPSA) is 79.5 Å². The number of ether oxygens (including phenoxy) is 1. The lowest BCUT2D eigenvalue weighted by Gasteiger charge is -2.06. The molecule has 0 fully saturated rings. The van der Waals surface area contributed by atoms with Crippen molar-refractivity contribution in [2.75, 3.05) is 0 Å². The molecule has 25 heavy (non-hydrogen) atoms. The van der Waals surface area contributed by atoms with Crippen molar-refractivity contribution in [1.82, 2.24) is 0 Å². The lowest BCUT2D eigenvalue weighted by Crippen LogP contribution is -2.08. The molecule has 0 aliphatic heterocycles. The molecule has 0 atom stereocenters. The summed E-state index contributed by atoms with van der Waals surface area (Å²) in [5, 5.41) is 17.3. The van der Waals surface area contributed by atoms with Gasteiger partial charge in [-0.05, 0) is 59.7 Å². The minimum Gasteiger partial charge on any atom is -0.423 e. The van der Waals surface area contributed by atoms with E-state index in [0.29, 0.717) is 16.9 Å². The smallest absolute Gasteiger partial charge is 0.343 e. The van der Waals surface area contributed by atoms with Gasteiger partial charge in [0, 0.05) is 0 Å². The van der Waals surface area contributed by atoms with Gasteiger partial charge in [0.2, 0.25) is 0 Å². The van der Waals surface area contributed by atoms with E-state index in [4.69, 9.17) is 15.3 Å². The number of carbonyl (C=O) groups excluding carboxylic acids is 1. The average molecular weight is 331 g/mol. The van der Waals surface area contributed by atoms with Crippen molar-refractivity contribution in [2.24, 2.45) is 0 Å². The van der Waals surface area contributed by atoms with E-state index < -0.39 is 5.97 Å². The third-order valence-corrected chi connectivity index (χ3v) is 3.61. The molecule has 0 aliphatic carbocycles. The Kier molecular flexibility index (Phi) is 4.74. The molecule has 0 aliphatic rings. The zero-order valence-electron chi connectivity index (χ0n) is 13.0. The Balaban J connectivity index is 1.71. The van der Waals surface area contributed by atoms with E-state index in [0.717, 1.165) is 11.1 Å². The minimum atomic E-state index is -0.504. The van der Waals surface area contributed by atoms with E-state index in [9.17, 15) is 4.79 Å². The maximum absolute atomic E-state index is 12.1. The first-order chi connectivity index (χ1) is 12.2. The van der Waals surface area contributed by atoms with Gasteiger partial charge < -0.3 is 9.62 Å². The third-order valence-electron chi connectivity index (χ3n) is 3.61. The van der Waals surface area contributed by atoms with Crippen molar-refractivity contribution >= 4 is 5.97 Å². The van der Waals surface area contributed by atoms with Crippen LogP contribution in [0.2, 0.25) is 0 Å². The van der Waals surface area contributed by atoms with Crippen LogP contribution in [0.15, 0.2) is 72.8 Å². The summed E-state index contributed by atoms with van der Waals surface area (Å²) in [6.07, 6.45) is 0. The molecule has 3 rings (SSSR count). The molecule has 0 heterocycles. The van der Waals surface area contributed by atoms with Gasteiger partial charge in [0.1, 0.15) is 5.75 Å². The minimum absolute atomic E-state index is 0.239. The molecule has 0 saturated heterocycles. The highest BCUT2D eigenvalue weighted by Gasteiger charge is 2.09. The molecule has 0 aromatic heterocycles. The number of nitrogens with zero attached hydrogens (tertiary/aromatic N) is 1. The summed E-state index contributed by atoms with van der Waals surface area (Å²) in [6.45, 7) is 0. The van der Waals surface area contributed by atoms with Gasteiger partial charge in [0.15, 0.2) is 5.75 Å². The van der Waals surface area contributed by atoms with Crippen LogP contribution < -0.4 is 9.62 Å². The molecule has 0 bridgehead atoms. The zero-order valence-corrected chi connectivity index (χ0v) is 13.0. The number of rotatable bonds is 4. The summed E-state index contributed by atoms with van der Waals surface area (Å²) >= 11 is 0. The Morgan fingerprint density at radius 1 is 0.800 bits per heavy atom. The molecule has 0 spiro atoms. The molecule has 1 N–H and O–H groups in total. The predicted octanol–water partition coefficient (Wildman–Crippen LogP) is 4.30. The molecular weight excluding hydrogens is 318 g/mol. The van der Waals surface area contributed by atoms with E-state index in [1.807, 2.05) is 24.3 Å². The van der Waals surface area contributed by atoms with Crippen LogP contribution in [0.1, 0.15) is 15.9 Å².